The van der Waals surface area contributed by atoms with Gasteiger partial charge >= 0.3 is 47.7 Å². The molecule has 0 fully saturated rings. The Balaban J connectivity index is 0.00000578. The van der Waals surface area contributed by atoms with Crippen LogP contribution in [0.2, 0.25) is 0 Å². The van der Waals surface area contributed by atoms with Crippen molar-refractivity contribution in [1.82, 2.24) is 20.0 Å². The van der Waals surface area contributed by atoms with Crippen LogP contribution in [0.3, 0.4) is 0 Å². The molecule has 0 radical (unpaired) electrons. The van der Waals surface area contributed by atoms with E-state index in [4.69, 9.17) is 9.47 Å². The number of benzene rings is 1. The summed E-state index contributed by atoms with van der Waals surface area (Å²) in [6.45, 7) is -0.111. The molecular formula is C18H22N5NaO9S. The maximum absolute atomic E-state index is 12.9. The molecule has 3 N–H and O–H groups in total. The van der Waals surface area contributed by atoms with Crippen molar-refractivity contribution < 1.29 is 41.7 Å². The molecule has 16 heteroatoms. The quantitative estimate of drug-likeness (QED) is 0.323. The molecule has 0 aliphatic rings. The fraction of sp³-hybridized carbons (Fsp3) is 0.278. The molecule has 180 valence electrons. The molecule has 1 aromatic heterocycles. The van der Waals surface area contributed by atoms with Gasteiger partial charge in [0.1, 0.15) is 4.90 Å². The van der Waals surface area contributed by atoms with Gasteiger partial charge < -0.3 is 24.3 Å². The number of ether oxygens (including phenoxy) is 4. The number of amides is 3. The van der Waals surface area contributed by atoms with Crippen molar-refractivity contribution in [3.63, 3.8) is 0 Å². The number of methoxy groups -OCH3 is 4. The fourth-order valence-corrected chi connectivity index (χ4v) is 3.55. The van der Waals surface area contributed by atoms with Crippen molar-refractivity contribution in [3.8, 4) is 11.8 Å². The minimum atomic E-state index is -4.59. The van der Waals surface area contributed by atoms with E-state index in [9.17, 15) is 22.8 Å². The van der Waals surface area contributed by atoms with Gasteiger partial charge in [-0.2, -0.15) is 9.97 Å². The average molecular weight is 507 g/mol. The van der Waals surface area contributed by atoms with Crippen LogP contribution in [-0.2, 0) is 26.0 Å². The van der Waals surface area contributed by atoms with Gasteiger partial charge in [0, 0.05) is 6.54 Å². The van der Waals surface area contributed by atoms with Crippen molar-refractivity contribution >= 4 is 63.6 Å². The number of sulfonamides is 1. The normalized spacial score (nSPS) is 10.2. The standard InChI is InChI=1S/C18H21N5O9S.Na.H/c1-29-13-8-14(30-2)21-16(20-13)22-17(25)23-33(27,28)12-7-10(9-19-18(26)32-4)5-6-11(12)15(24)31-3;;/h5-8H,9H2,1-4H3,(H,19,26)(H2,20,21,22,23,25);;. The average Bonchev–Trinajstić information content (AvgIpc) is 2.80. The van der Waals surface area contributed by atoms with Crippen LogP contribution in [0.1, 0.15) is 15.9 Å². The number of aromatic nitrogens is 2. The summed E-state index contributed by atoms with van der Waals surface area (Å²) in [5, 5.41) is 4.51. The fourth-order valence-electron chi connectivity index (χ4n) is 2.40. The van der Waals surface area contributed by atoms with E-state index in [0.717, 1.165) is 20.3 Å². The molecule has 14 nitrogen and oxygen atoms in total. The van der Waals surface area contributed by atoms with Crippen molar-refractivity contribution in [3.05, 3.63) is 35.4 Å². The third-order valence-corrected chi connectivity index (χ3v) is 5.28. The molecule has 0 atom stereocenters. The number of alkyl carbamates (subject to hydrolysis) is 1. The van der Waals surface area contributed by atoms with E-state index in [-0.39, 0.29) is 59.4 Å². The van der Waals surface area contributed by atoms with E-state index in [0.29, 0.717) is 5.56 Å². The first kappa shape index (κ1) is 28.9. The molecule has 2 rings (SSSR count). The van der Waals surface area contributed by atoms with E-state index in [1.54, 1.807) is 4.72 Å². The van der Waals surface area contributed by atoms with Crippen LogP contribution in [0.15, 0.2) is 29.2 Å². The minimum absolute atomic E-state index is 0. The SMILES string of the molecule is COC(=O)NCc1ccc(C(=O)OC)c(S(=O)(=O)NC(=O)Nc2nc(OC)cc(OC)n2)c1.[NaH]. The maximum atomic E-state index is 12.9. The topological polar surface area (TPSA) is 184 Å². The van der Waals surface area contributed by atoms with Crippen LogP contribution < -0.4 is 24.8 Å². The number of carbonyl (C=O) groups excluding carboxylic acids is 3. The van der Waals surface area contributed by atoms with E-state index in [1.165, 1.54) is 32.4 Å². The summed E-state index contributed by atoms with van der Waals surface area (Å²) in [7, 11) is 0.294. The summed E-state index contributed by atoms with van der Waals surface area (Å²) in [4.78, 5) is 42.8. The Morgan fingerprint density at radius 2 is 1.56 bits per heavy atom. The third-order valence-electron chi connectivity index (χ3n) is 3.91. The zero-order valence-electron chi connectivity index (χ0n) is 18.0. The number of carbonyl (C=O) groups is 3. The number of hydrogen-bond donors (Lipinski definition) is 3. The first-order valence-electron chi connectivity index (χ1n) is 8.97. The first-order chi connectivity index (χ1) is 15.6. The summed E-state index contributed by atoms with van der Waals surface area (Å²) in [5.74, 6) is -1.15. The van der Waals surface area contributed by atoms with Gasteiger partial charge in [0.05, 0.1) is 40.1 Å². The Morgan fingerprint density at radius 1 is 0.941 bits per heavy atom. The van der Waals surface area contributed by atoms with Crippen LogP contribution in [0.25, 0.3) is 0 Å². The van der Waals surface area contributed by atoms with Gasteiger partial charge in [-0.3, -0.25) is 5.32 Å². The van der Waals surface area contributed by atoms with Gasteiger partial charge in [-0.05, 0) is 17.7 Å². The molecule has 1 aromatic carbocycles. The predicted molar refractivity (Wildman–Crippen MR) is 119 cm³/mol. The van der Waals surface area contributed by atoms with Crippen molar-refractivity contribution in [2.75, 3.05) is 33.8 Å². The number of nitrogens with zero attached hydrogens (tertiary/aromatic N) is 2. The molecular weight excluding hydrogens is 485 g/mol. The molecule has 1 heterocycles. The molecule has 0 saturated carbocycles. The molecule has 0 spiro atoms. The number of urea groups is 1. The Kier molecular flexibility index (Phi) is 11.0. The molecule has 0 aliphatic heterocycles. The number of esters is 1. The van der Waals surface area contributed by atoms with Gasteiger partial charge in [-0.25, -0.2) is 27.5 Å². The second kappa shape index (κ2) is 12.9. The summed E-state index contributed by atoms with van der Waals surface area (Å²) in [5.41, 5.74) is -0.0337. The van der Waals surface area contributed by atoms with E-state index in [1.807, 2.05) is 0 Å². The Morgan fingerprint density at radius 3 is 2.09 bits per heavy atom. The summed E-state index contributed by atoms with van der Waals surface area (Å²) >= 11 is 0. The van der Waals surface area contributed by atoms with Crippen LogP contribution in [0, 0.1) is 0 Å². The van der Waals surface area contributed by atoms with E-state index in [2.05, 4.69) is 30.1 Å². The van der Waals surface area contributed by atoms with Gasteiger partial charge in [-0.15, -0.1) is 0 Å². The molecule has 0 aliphatic carbocycles. The second-order valence-corrected chi connectivity index (χ2v) is 7.65. The van der Waals surface area contributed by atoms with E-state index >= 15 is 0 Å². The van der Waals surface area contributed by atoms with Crippen LogP contribution in [-0.4, -0.2) is 94.5 Å². The molecule has 0 unspecified atom stereocenters. The van der Waals surface area contributed by atoms with Gasteiger partial charge in [0.25, 0.3) is 10.0 Å². The summed E-state index contributed by atoms with van der Waals surface area (Å²) < 4.78 is 46.5. The molecule has 0 bridgehead atoms. The molecule has 34 heavy (non-hydrogen) atoms. The van der Waals surface area contributed by atoms with Crippen LogP contribution >= 0.6 is 0 Å². The molecule has 3 amide bonds. The number of hydrogen-bond acceptors (Lipinski definition) is 11. The van der Waals surface area contributed by atoms with Crippen LogP contribution in [0.4, 0.5) is 15.5 Å². The predicted octanol–water partition coefficient (Wildman–Crippen LogP) is -0.00170. The van der Waals surface area contributed by atoms with Crippen molar-refractivity contribution in [2.24, 2.45) is 0 Å². The van der Waals surface area contributed by atoms with Gasteiger partial charge in [0.15, 0.2) is 0 Å². The zero-order valence-corrected chi connectivity index (χ0v) is 18.8. The van der Waals surface area contributed by atoms with Gasteiger partial charge in [0.2, 0.25) is 17.7 Å². The summed E-state index contributed by atoms with van der Waals surface area (Å²) in [6.07, 6.45) is -0.748. The number of nitrogens with one attached hydrogen (secondary N) is 3. The number of anilines is 1. The Bertz CT molecular complexity index is 1140. The first-order valence-corrected chi connectivity index (χ1v) is 10.5. The van der Waals surface area contributed by atoms with Crippen molar-refractivity contribution in [1.29, 1.82) is 0 Å². The monoisotopic (exact) mass is 507 g/mol. The Hall–Kier alpha value is -3.14. The third kappa shape index (κ3) is 7.72. The number of rotatable bonds is 8. The Labute approximate surface area is 217 Å². The molecule has 0 saturated heterocycles. The van der Waals surface area contributed by atoms with Gasteiger partial charge in [-0.1, -0.05) is 6.07 Å². The van der Waals surface area contributed by atoms with Crippen molar-refractivity contribution in [2.45, 2.75) is 11.4 Å². The summed E-state index contributed by atoms with van der Waals surface area (Å²) in [6, 6.07) is 3.80. The van der Waals surface area contributed by atoms with Crippen LogP contribution in [0.5, 0.6) is 11.8 Å². The van der Waals surface area contributed by atoms with E-state index < -0.39 is 33.0 Å². The molecule has 2 aromatic rings. The zero-order chi connectivity index (χ0) is 24.6. The second-order valence-electron chi connectivity index (χ2n) is 6.00.